The summed E-state index contributed by atoms with van der Waals surface area (Å²) >= 11 is 0. The van der Waals surface area contributed by atoms with Crippen LogP contribution in [-0.4, -0.2) is 44.3 Å². The SMILES string of the molecule is C=CCOCC1CCN(C(=O)Nc2cccc(OC)c2)CC1. The minimum absolute atomic E-state index is 0.0567. The van der Waals surface area contributed by atoms with Gasteiger partial charge in [-0.05, 0) is 30.9 Å². The first kappa shape index (κ1) is 16.4. The highest BCUT2D eigenvalue weighted by atomic mass is 16.5. The fraction of sp³-hybridized carbons (Fsp3) is 0.471. The van der Waals surface area contributed by atoms with E-state index in [4.69, 9.17) is 9.47 Å². The van der Waals surface area contributed by atoms with Crippen LogP contribution < -0.4 is 10.1 Å². The van der Waals surface area contributed by atoms with Crippen LogP contribution in [0.3, 0.4) is 0 Å². The molecule has 0 aliphatic carbocycles. The average molecular weight is 304 g/mol. The second kappa shape index (κ2) is 8.44. The van der Waals surface area contributed by atoms with E-state index in [2.05, 4.69) is 11.9 Å². The summed E-state index contributed by atoms with van der Waals surface area (Å²) in [6.07, 6.45) is 3.71. The molecular formula is C17H24N2O3. The average Bonchev–Trinajstić information content (AvgIpc) is 2.56. The molecule has 2 rings (SSSR count). The molecule has 1 aromatic rings. The summed E-state index contributed by atoms with van der Waals surface area (Å²) in [5.74, 6) is 1.26. The second-order valence-electron chi connectivity index (χ2n) is 5.42. The number of nitrogens with zero attached hydrogens (tertiary/aromatic N) is 1. The van der Waals surface area contributed by atoms with E-state index < -0.39 is 0 Å². The smallest absolute Gasteiger partial charge is 0.321 e. The van der Waals surface area contributed by atoms with Crippen molar-refractivity contribution >= 4 is 11.7 Å². The molecule has 1 aliphatic rings. The van der Waals surface area contributed by atoms with Gasteiger partial charge in [0.1, 0.15) is 5.75 Å². The molecule has 1 aliphatic heterocycles. The molecule has 1 N–H and O–H groups in total. The van der Waals surface area contributed by atoms with E-state index in [0.717, 1.165) is 44.0 Å². The van der Waals surface area contributed by atoms with Gasteiger partial charge in [-0.1, -0.05) is 12.1 Å². The van der Waals surface area contributed by atoms with Gasteiger partial charge in [0.15, 0.2) is 0 Å². The van der Waals surface area contributed by atoms with Crippen LogP contribution in [0.2, 0.25) is 0 Å². The Bertz CT molecular complexity index is 496. The minimum Gasteiger partial charge on any atom is -0.497 e. The number of ether oxygens (including phenoxy) is 2. The van der Waals surface area contributed by atoms with Crippen LogP contribution in [0.25, 0.3) is 0 Å². The molecular weight excluding hydrogens is 280 g/mol. The predicted octanol–water partition coefficient (Wildman–Crippen LogP) is 3.14. The van der Waals surface area contributed by atoms with Crippen LogP contribution in [0.15, 0.2) is 36.9 Å². The minimum atomic E-state index is -0.0567. The van der Waals surface area contributed by atoms with Crippen LogP contribution in [0.5, 0.6) is 5.75 Å². The molecule has 0 bridgehead atoms. The molecule has 2 amide bonds. The molecule has 0 radical (unpaired) electrons. The molecule has 5 nitrogen and oxygen atoms in total. The molecule has 0 spiro atoms. The third kappa shape index (κ3) is 4.77. The van der Waals surface area contributed by atoms with Crippen molar-refractivity contribution in [1.29, 1.82) is 0 Å². The molecule has 22 heavy (non-hydrogen) atoms. The van der Waals surface area contributed by atoms with Crippen molar-refractivity contribution in [3.63, 3.8) is 0 Å². The van der Waals surface area contributed by atoms with Crippen LogP contribution in [0.1, 0.15) is 12.8 Å². The van der Waals surface area contributed by atoms with Crippen molar-refractivity contribution in [2.45, 2.75) is 12.8 Å². The van der Waals surface area contributed by atoms with E-state index in [1.54, 1.807) is 13.2 Å². The Hall–Kier alpha value is -2.01. The van der Waals surface area contributed by atoms with Crippen molar-refractivity contribution < 1.29 is 14.3 Å². The van der Waals surface area contributed by atoms with Gasteiger partial charge in [-0.2, -0.15) is 0 Å². The number of benzene rings is 1. The van der Waals surface area contributed by atoms with E-state index in [9.17, 15) is 4.79 Å². The van der Waals surface area contributed by atoms with Crippen molar-refractivity contribution in [3.05, 3.63) is 36.9 Å². The maximum atomic E-state index is 12.3. The third-order valence-corrected chi connectivity index (χ3v) is 3.81. The zero-order chi connectivity index (χ0) is 15.8. The van der Waals surface area contributed by atoms with Gasteiger partial charge in [0.05, 0.1) is 13.7 Å². The maximum absolute atomic E-state index is 12.3. The van der Waals surface area contributed by atoms with Crippen molar-refractivity contribution in [2.24, 2.45) is 5.92 Å². The molecule has 1 fully saturated rings. The number of carbonyl (C=O) groups is 1. The lowest BCUT2D eigenvalue weighted by Gasteiger charge is -2.31. The highest BCUT2D eigenvalue weighted by Gasteiger charge is 2.22. The first-order valence-corrected chi connectivity index (χ1v) is 7.61. The summed E-state index contributed by atoms with van der Waals surface area (Å²) in [5.41, 5.74) is 0.751. The number of anilines is 1. The van der Waals surface area contributed by atoms with Crippen LogP contribution in [0, 0.1) is 5.92 Å². The first-order valence-electron chi connectivity index (χ1n) is 7.61. The predicted molar refractivity (Wildman–Crippen MR) is 87.3 cm³/mol. The number of carbonyl (C=O) groups excluding carboxylic acids is 1. The van der Waals surface area contributed by atoms with Gasteiger partial charge >= 0.3 is 6.03 Å². The van der Waals surface area contributed by atoms with E-state index >= 15 is 0 Å². The summed E-state index contributed by atoms with van der Waals surface area (Å²) < 4.78 is 10.6. The van der Waals surface area contributed by atoms with Crippen molar-refractivity contribution in [2.75, 3.05) is 38.7 Å². The maximum Gasteiger partial charge on any atom is 0.321 e. The fourth-order valence-corrected chi connectivity index (χ4v) is 2.52. The summed E-state index contributed by atoms with van der Waals surface area (Å²) in [4.78, 5) is 14.1. The first-order chi connectivity index (χ1) is 10.7. The monoisotopic (exact) mass is 304 g/mol. The lowest BCUT2D eigenvalue weighted by atomic mass is 9.98. The quantitative estimate of drug-likeness (QED) is 0.649. The number of hydrogen-bond donors (Lipinski definition) is 1. The zero-order valence-corrected chi connectivity index (χ0v) is 13.1. The van der Waals surface area contributed by atoms with E-state index in [0.29, 0.717) is 12.5 Å². The molecule has 0 atom stereocenters. The number of urea groups is 1. The number of nitrogens with one attached hydrogen (secondary N) is 1. The number of methoxy groups -OCH3 is 1. The van der Waals surface area contributed by atoms with Gasteiger partial charge in [0.25, 0.3) is 0 Å². The van der Waals surface area contributed by atoms with Crippen molar-refractivity contribution in [1.82, 2.24) is 4.90 Å². The Morgan fingerprint density at radius 2 is 2.23 bits per heavy atom. The second-order valence-corrected chi connectivity index (χ2v) is 5.42. The summed E-state index contributed by atoms with van der Waals surface area (Å²) in [6.45, 7) is 6.50. The molecule has 0 aromatic heterocycles. The number of rotatable bonds is 6. The Labute approximate surface area is 131 Å². The zero-order valence-electron chi connectivity index (χ0n) is 13.1. The Morgan fingerprint density at radius 3 is 2.91 bits per heavy atom. The topological polar surface area (TPSA) is 50.8 Å². The van der Waals surface area contributed by atoms with Crippen LogP contribution >= 0.6 is 0 Å². The highest BCUT2D eigenvalue weighted by molar-refractivity contribution is 5.89. The third-order valence-electron chi connectivity index (χ3n) is 3.81. The Kier molecular flexibility index (Phi) is 6.27. The molecule has 1 heterocycles. The lowest BCUT2D eigenvalue weighted by Crippen LogP contribution is -2.41. The summed E-state index contributed by atoms with van der Waals surface area (Å²) in [5, 5.41) is 2.92. The largest absolute Gasteiger partial charge is 0.497 e. The fourth-order valence-electron chi connectivity index (χ4n) is 2.52. The van der Waals surface area contributed by atoms with Gasteiger partial charge in [-0.15, -0.1) is 6.58 Å². The van der Waals surface area contributed by atoms with E-state index in [1.165, 1.54) is 0 Å². The van der Waals surface area contributed by atoms with E-state index in [-0.39, 0.29) is 6.03 Å². The van der Waals surface area contributed by atoms with Crippen LogP contribution in [-0.2, 0) is 4.74 Å². The normalized spacial score (nSPS) is 15.4. The van der Waals surface area contributed by atoms with Gasteiger partial charge in [-0.3, -0.25) is 0 Å². The van der Waals surface area contributed by atoms with Crippen molar-refractivity contribution in [3.8, 4) is 5.75 Å². The molecule has 1 aromatic carbocycles. The van der Waals surface area contributed by atoms with Crippen LogP contribution in [0.4, 0.5) is 10.5 Å². The molecule has 5 heteroatoms. The lowest BCUT2D eigenvalue weighted by molar-refractivity contribution is 0.0906. The Balaban J connectivity index is 1.78. The number of piperidine rings is 1. The molecule has 0 unspecified atom stereocenters. The van der Waals surface area contributed by atoms with E-state index in [1.807, 2.05) is 29.2 Å². The number of hydrogen-bond acceptors (Lipinski definition) is 3. The van der Waals surface area contributed by atoms with Gasteiger partial charge in [0.2, 0.25) is 0 Å². The summed E-state index contributed by atoms with van der Waals surface area (Å²) in [7, 11) is 1.61. The number of amides is 2. The Morgan fingerprint density at radius 1 is 1.45 bits per heavy atom. The standard InChI is InChI=1S/C17H24N2O3/c1-3-11-22-13-14-7-9-19(10-8-14)17(20)18-15-5-4-6-16(12-15)21-2/h3-6,12,14H,1,7-11,13H2,2H3,(H,18,20). The summed E-state index contributed by atoms with van der Waals surface area (Å²) in [6, 6.07) is 7.32. The molecule has 120 valence electrons. The highest BCUT2D eigenvalue weighted by Crippen LogP contribution is 2.20. The van der Waals surface area contributed by atoms with Gasteiger partial charge < -0.3 is 19.7 Å². The molecule has 1 saturated heterocycles. The molecule has 0 saturated carbocycles. The van der Waals surface area contributed by atoms with Gasteiger partial charge in [0, 0.05) is 31.5 Å². The number of likely N-dealkylation sites (tertiary alicyclic amines) is 1. The van der Waals surface area contributed by atoms with Gasteiger partial charge in [-0.25, -0.2) is 4.79 Å².